The van der Waals surface area contributed by atoms with E-state index in [2.05, 4.69) is 9.80 Å². The summed E-state index contributed by atoms with van der Waals surface area (Å²) in [6, 6.07) is 6.38. The van der Waals surface area contributed by atoms with E-state index in [4.69, 9.17) is 43.4 Å². The van der Waals surface area contributed by atoms with E-state index in [0.29, 0.717) is 77.0 Å². The molecular formula is C51H66F2N6O8. The average molecular weight is 929 g/mol. The summed E-state index contributed by atoms with van der Waals surface area (Å²) in [6.07, 6.45) is 11.8. The summed E-state index contributed by atoms with van der Waals surface area (Å²) >= 11 is 0. The number of methoxy groups -OCH3 is 1. The molecule has 5 heterocycles. The Morgan fingerprint density at radius 2 is 1.64 bits per heavy atom. The molecule has 1 spiro atoms. The van der Waals surface area contributed by atoms with Crippen LogP contribution in [0, 0.1) is 22.5 Å². The van der Waals surface area contributed by atoms with Crippen molar-refractivity contribution in [1.82, 2.24) is 24.8 Å². The second-order valence-electron chi connectivity index (χ2n) is 20.6. The molecule has 4 aromatic rings. The van der Waals surface area contributed by atoms with Crippen molar-refractivity contribution in [1.29, 1.82) is 0 Å². The van der Waals surface area contributed by atoms with Crippen molar-refractivity contribution in [2.45, 2.75) is 129 Å². The Labute approximate surface area is 392 Å². The number of pyridine rings is 1. The highest BCUT2D eigenvalue weighted by Crippen LogP contribution is 2.50. The first-order valence-electron chi connectivity index (χ1n) is 24.3. The van der Waals surface area contributed by atoms with Gasteiger partial charge in [0.1, 0.15) is 40.8 Å². The van der Waals surface area contributed by atoms with Gasteiger partial charge in [-0.1, -0.05) is 13.0 Å². The van der Waals surface area contributed by atoms with Gasteiger partial charge in [-0.3, -0.25) is 9.88 Å². The smallest absolute Gasteiger partial charge is 0.410 e. The lowest BCUT2D eigenvalue weighted by Gasteiger charge is -2.46. The fourth-order valence-electron chi connectivity index (χ4n) is 11.1. The minimum Gasteiger partial charge on any atom is -0.468 e. The van der Waals surface area contributed by atoms with Gasteiger partial charge in [0, 0.05) is 43.9 Å². The largest absolute Gasteiger partial charge is 0.468 e. The minimum atomic E-state index is -0.680. The van der Waals surface area contributed by atoms with Gasteiger partial charge in [0.2, 0.25) is 0 Å². The summed E-state index contributed by atoms with van der Waals surface area (Å²) in [5.74, 6) is -0.447. The molecule has 2 unspecified atom stereocenters. The number of benzene rings is 2. The molecule has 2 aliphatic carbocycles. The lowest BCUT2D eigenvalue weighted by Crippen LogP contribution is -2.57. The Morgan fingerprint density at radius 3 is 2.30 bits per heavy atom. The van der Waals surface area contributed by atoms with Crippen LogP contribution < -0.4 is 14.4 Å². The molecule has 5 fully saturated rings. The normalized spacial score (nSPS) is 21.6. The van der Waals surface area contributed by atoms with Crippen molar-refractivity contribution in [2.75, 3.05) is 71.3 Å². The number of amides is 1. The number of halogens is 2. The fourth-order valence-corrected chi connectivity index (χ4v) is 11.1. The van der Waals surface area contributed by atoms with Crippen LogP contribution in [0.15, 0.2) is 30.5 Å². The summed E-state index contributed by atoms with van der Waals surface area (Å²) in [5, 5.41) is 1.64. The highest BCUT2D eigenvalue weighted by molar-refractivity contribution is 6.02. The molecule has 2 aromatic carbocycles. The van der Waals surface area contributed by atoms with E-state index < -0.39 is 11.4 Å². The van der Waals surface area contributed by atoms with Crippen LogP contribution in [-0.4, -0.2) is 127 Å². The first-order valence-corrected chi connectivity index (χ1v) is 24.3. The number of hydrogen-bond acceptors (Lipinski definition) is 13. The van der Waals surface area contributed by atoms with Crippen LogP contribution in [0.1, 0.15) is 104 Å². The van der Waals surface area contributed by atoms with Crippen molar-refractivity contribution in [3.05, 3.63) is 47.7 Å². The Balaban J connectivity index is 0.979. The molecule has 16 heteroatoms. The molecule has 67 heavy (non-hydrogen) atoms. The lowest BCUT2D eigenvalue weighted by atomic mass is 9.67. The number of ether oxygens (including phenoxy) is 6. The molecule has 1 amide bonds. The monoisotopic (exact) mass is 928 g/mol. The van der Waals surface area contributed by atoms with Crippen molar-refractivity contribution in [3.63, 3.8) is 0 Å². The van der Waals surface area contributed by atoms with Gasteiger partial charge in [0.15, 0.2) is 12.6 Å². The number of likely N-dealkylation sites (tertiary alicyclic amines) is 1. The molecule has 2 saturated carbocycles. The maximum absolute atomic E-state index is 17.6. The predicted octanol–water partition coefficient (Wildman–Crippen LogP) is 9.02. The van der Waals surface area contributed by atoms with Crippen molar-refractivity contribution in [3.8, 4) is 23.0 Å². The number of fused-ring (bicyclic) bond motifs is 4. The van der Waals surface area contributed by atoms with E-state index in [0.717, 1.165) is 83.8 Å². The number of esters is 1. The van der Waals surface area contributed by atoms with Gasteiger partial charge in [0.25, 0.3) is 0 Å². The number of carbonyl (C=O) groups excluding carboxylic acids is 2. The maximum Gasteiger partial charge on any atom is 0.410 e. The molecule has 14 nitrogen and oxygen atoms in total. The van der Waals surface area contributed by atoms with Crippen LogP contribution in [0.3, 0.4) is 0 Å². The van der Waals surface area contributed by atoms with Crippen LogP contribution >= 0.6 is 0 Å². The summed E-state index contributed by atoms with van der Waals surface area (Å²) in [6.45, 7) is 13.9. The van der Waals surface area contributed by atoms with Gasteiger partial charge in [-0.05, 0) is 151 Å². The molecule has 362 valence electrons. The summed E-state index contributed by atoms with van der Waals surface area (Å²) < 4.78 is 67.4. The summed E-state index contributed by atoms with van der Waals surface area (Å²) in [7, 11) is 1.52. The zero-order valence-electron chi connectivity index (χ0n) is 40.0. The SMILES string of the molecule is CCOC(=O)COC1CCC2(CC1)CCN(CC1(COc3nc(N4CC5CCC(C4)N5C(=O)OC(C)(C)C)c4cnc(-c5cc(OCOC)cc6ccc(F)c(CC)c56)c(F)c4n3)CC1)CC2. The van der Waals surface area contributed by atoms with E-state index >= 15 is 8.78 Å². The zero-order chi connectivity index (χ0) is 47.1. The maximum atomic E-state index is 17.6. The van der Waals surface area contributed by atoms with Crippen molar-refractivity contribution >= 4 is 39.6 Å². The van der Waals surface area contributed by atoms with Crippen molar-refractivity contribution in [2.24, 2.45) is 10.8 Å². The quantitative estimate of drug-likeness (QED) is 0.0829. The molecule has 2 aromatic heterocycles. The fraction of sp³-hybridized carbons (Fsp3) is 0.627. The average Bonchev–Trinajstić information content (AvgIpc) is 4.02. The molecule has 5 aliphatic rings. The predicted molar refractivity (Wildman–Crippen MR) is 249 cm³/mol. The van der Waals surface area contributed by atoms with Crippen LogP contribution in [0.25, 0.3) is 32.9 Å². The van der Waals surface area contributed by atoms with Gasteiger partial charge in [-0.2, -0.15) is 9.97 Å². The minimum absolute atomic E-state index is 0.00491. The third kappa shape index (κ3) is 10.1. The standard InChI is InChI=1S/C51H66F2N6O8/c1-7-37-40(52)12-9-32-23-36(66-31-62-6)24-38(42(32)37)44-43(53)45-39(25-54-44)46(58-26-33-10-11-34(27-58)59(33)48(61)67-49(3,4)5)56-47(55-45)65-30-51(17-18-51)29-57-21-19-50(20-22-57)15-13-35(14-16-50)64-28-41(60)63-8-2/h9,12,23-25,33-35H,7-8,10-11,13-22,26-31H2,1-6H3. The molecule has 3 aliphatic heterocycles. The number of anilines is 1. The van der Waals surface area contributed by atoms with Crippen LogP contribution in [0.5, 0.6) is 11.8 Å². The topological polar surface area (TPSA) is 138 Å². The van der Waals surface area contributed by atoms with E-state index in [-0.39, 0.29) is 72.1 Å². The van der Waals surface area contributed by atoms with Crippen molar-refractivity contribution < 1.29 is 46.8 Å². The van der Waals surface area contributed by atoms with E-state index in [1.54, 1.807) is 31.3 Å². The van der Waals surface area contributed by atoms with Gasteiger partial charge in [0.05, 0.1) is 36.8 Å². The first kappa shape index (κ1) is 47.1. The van der Waals surface area contributed by atoms with Crippen LogP contribution in [-0.2, 0) is 30.2 Å². The number of piperazine rings is 1. The Bertz CT molecular complexity index is 2450. The lowest BCUT2D eigenvalue weighted by molar-refractivity contribution is -0.151. The number of carbonyl (C=O) groups is 2. The number of aromatic nitrogens is 3. The second-order valence-corrected chi connectivity index (χ2v) is 20.6. The van der Waals surface area contributed by atoms with Crippen LogP contribution in [0.4, 0.5) is 19.4 Å². The highest BCUT2D eigenvalue weighted by Gasteiger charge is 2.48. The van der Waals surface area contributed by atoms with E-state index in [1.165, 1.54) is 13.2 Å². The number of hydrogen-bond donors (Lipinski definition) is 0. The van der Waals surface area contributed by atoms with E-state index in [1.807, 2.05) is 32.6 Å². The molecule has 3 saturated heterocycles. The Kier molecular flexibility index (Phi) is 13.5. The zero-order valence-corrected chi connectivity index (χ0v) is 40.0. The molecular weight excluding hydrogens is 863 g/mol. The van der Waals surface area contributed by atoms with Crippen LogP contribution in [0.2, 0.25) is 0 Å². The third-order valence-electron chi connectivity index (χ3n) is 14.8. The first-order chi connectivity index (χ1) is 32.2. The molecule has 0 radical (unpaired) electrons. The third-order valence-corrected chi connectivity index (χ3v) is 14.8. The van der Waals surface area contributed by atoms with Gasteiger partial charge >= 0.3 is 18.1 Å². The van der Waals surface area contributed by atoms with Gasteiger partial charge in [-0.25, -0.2) is 18.4 Å². The molecule has 2 atom stereocenters. The van der Waals surface area contributed by atoms with Gasteiger partial charge < -0.3 is 38.2 Å². The Morgan fingerprint density at radius 1 is 0.910 bits per heavy atom. The number of rotatable bonds is 15. The number of nitrogens with zero attached hydrogens (tertiary/aromatic N) is 6. The Hall–Kier alpha value is -4.93. The summed E-state index contributed by atoms with van der Waals surface area (Å²) in [4.78, 5) is 46.4. The van der Waals surface area contributed by atoms with Gasteiger partial charge in [-0.15, -0.1) is 0 Å². The summed E-state index contributed by atoms with van der Waals surface area (Å²) in [5.41, 5.74) is 0.490. The molecule has 0 N–H and O–H groups in total. The van der Waals surface area contributed by atoms with E-state index in [9.17, 15) is 9.59 Å². The number of aryl methyl sites for hydroxylation is 1. The second kappa shape index (κ2) is 19.2. The molecule has 9 rings (SSSR count). The number of piperidine rings is 1. The molecule has 2 bridgehead atoms. The highest BCUT2D eigenvalue weighted by atomic mass is 19.1.